The Labute approximate surface area is 186 Å². The van der Waals surface area contributed by atoms with E-state index < -0.39 is 0 Å². The second-order valence-corrected chi connectivity index (χ2v) is 7.34. The number of rotatable bonds is 11. The van der Waals surface area contributed by atoms with Crippen molar-refractivity contribution in [3.63, 3.8) is 0 Å². The van der Waals surface area contributed by atoms with Gasteiger partial charge < -0.3 is 14.8 Å². The number of hydrogen-bond donors (Lipinski definition) is 1. The monoisotopic (exact) mass is 438 g/mol. The Hall–Kier alpha value is -3.26. The number of aromatic nitrogens is 3. The summed E-state index contributed by atoms with van der Waals surface area (Å²) in [5.41, 5.74) is 1.49. The summed E-state index contributed by atoms with van der Waals surface area (Å²) in [6.07, 6.45) is 1.78. The molecule has 8 heteroatoms. The summed E-state index contributed by atoms with van der Waals surface area (Å²) in [6, 6.07) is 15.1. The van der Waals surface area contributed by atoms with Gasteiger partial charge in [-0.15, -0.1) is 16.8 Å². The van der Waals surface area contributed by atoms with Crippen LogP contribution in [-0.4, -0.2) is 39.6 Å². The van der Waals surface area contributed by atoms with Crippen LogP contribution in [0.1, 0.15) is 13.8 Å². The number of nitrogens with zero attached hydrogens (tertiary/aromatic N) is 3. The van der Waals surface area contributed by atoms with Gasteiger partial charge in [0.15, 0.2) is 11.0 Å². The van der Waals surface area contributed by atoms with Gasteiger partial charge in [-0.1, -0.05) is 42.1 Å². The van der Waals surface area contributed by atoms with Crippen molar-refractivity contribution in [2.45, 2.75) is 25.5 Å². The van der Waals surface area contributed by atoms with Crippen molar-refractivity contribution in [2.75, 3.05) is 24.3 Å². The SMILES string of the molecule is C=CCn1c(SCC(=O)Nc2ccccc2OCC)nnc1-c1ccccc1OCC. The molecule has 1 amide bonds. The van der Waals surface area contributed by atoms with Crippen LogP contribution in [0.15, 0.2) is 66.3 Å². The highest BCUT2D eigenvalue weighted by Gasteiger charge is 2.18. The van der Waals surface area contributed by atoms with E-state index in [-0.39, 0.29) is 11.7 Å². The molecule has 2 aromatic carbocycles. The molecule has 0 aliphatic rings. The maximum absolute atomic E-state index is 12.5. The van der Waals surface area contributed by atoms with E-state index in [1.54, 1.807) is 6.08 Å². The molecule has 0 aliphatic carbocycles. The maximum Gasteiger partial charge on any atom is 0.234 e. The Kier molecular flexibility index (Phi) is 8.12. The predicted octanol–water partition coefficient (Wildman–Crippen LogP) is 4.66. The van der Waals surface area contributed by atoms with Crippen LogP contribution in [0.25, 0.3) is 11.4 Å². The third kappa shape index (κ3) is 5.67. The minimum atomic E-state index is -0.151. The number of thioether (sulfide) groups is 1. The van der Waals surface area contributed by atoms with Gasteiger partial charge in [0.1, 0.15) is 11.5 Å². The van der Waals surface area contributed by atoms with Gasteiger partial charge in [-0.2, -0.15) is 0 Å². The average molecular weight is 439 g/mol. The average Bonchev–Trinajstić information content (AvgIpc) is 3.17. The summed E-state index contributed by atoms with van der Waals surface area (Å²) in [5, 5.41) is 12.2. The lowest BCUT2D eigenvalue weighted by atomic mass is 10.2. The molecular weight excluding hydrogens is 412 g/mol. The first kappa shape index (κ1) is 22.4. The van der Waals surface area contributed by atoms with Gasteiger partial charge in [0.05, 0.1) is 30.2 Å². The van der Waals surface area contributed by atoms with Crippen molar-refractivity contribution in [1.29, 1.82) is 0 Å². The van der Waals surface area contributed by atoms with E-state index >= 15 is 0 Å². The smallest absolute Gasteiger partial charge is 0.234 e. The van der Waals surface area contributed by atoms with Gasteiger partial charge in [-0.05, 0) is 38.1 Å². The van der Waals surface area contributed by atoms with Gasteiger partial charge >= 0.3 is 0 Å². The molecular formula is C23H26N4O3S. The normalized spacial score (nSPS) is 10.5. The third-order valence-electron chi connectivity index (χ3n) is 4.25. The molecule has 3 rings (SSSR count). The molecule has 1 heterocycles. The van der Waals surface area contributed by atoms with Crippen LogP contribution in [0.5, 0.6) is 11.5 Å². The Morgan fingerprint density at radius 1 is 1.06 bits per heavy atom. The molecule has 0 atom stereocenters. The second kappa shape index (κ2) is 11.2. The maximum atomic E-state index is 12.5. The fraction of sp³-hybridized carbons (Fsp3) is 0.261. The lowest BCUT2D eigenvalue weighted by molar-refractivity contribution is -0.113. The van der Waals surface area contributed by atoms with E-state index in [1.165, 1.54) is 11.8 Å². The topological polar surface area (TPSA) is 78.3 Å². The molecule has 1 N–H and O–H groups in total. The molecule has 162 valence electrons. The Morgan fingerprint density at radius 3 is 2.48 bits per heavy atom. The predicted molar refractivity (Wildman–Crippen MR) is 124 cm³/mol. The summed E-state index contributed by atoms with van der Waals surface area (Å²) in [5.74, 6) is 2.09. The van der Waals surface area contributed by atoms with Crippen molar-refractivity contribution in [3.05, 3.63) is 61.2 Å². The molecule has 0 saturated carbocycles. The van der Waals surface area contributed by atoms with Crippen LogP contribution in [0, 0.1) is 0 Å². The van der Waals surface area contributed by atoms with Crippen LogP contribution in [0.4, 0.5) is 5.69 Å². The van der Waals surface area contributed by atoms with Crippen LogP contribution >= 0.6 is 11.8 Å². The number of amides is 1. The molecule has 0 saturated heterocycles. The van der Waals surface area contributed by atoms with Gasteiger partial charge in [-0.25, -0.2) is 0 Å². The number of nitrogens with one attached hydrogen (secondary N) is 1. The lowest BCUT2D eigenvalue weighted by Gasteiger charge is -2.12. The van der Waals surface area contributed by atoms with Gasteiger partial charge in [-0.3, -0.25) is 9.36 Å². The quantitative estimate of drug-likeness (QED) is 0.347. The molecule has 0 radical (unpaired) electrons. The van der Waals surface area contributed by atoms with E-state index in [4.69, 9.17) is 9.47 Å². The summed E-state index contributed by atoms with van der Waals surface area (Å²) in [7, 11) is 0. The highest BCUT2D eigenvalue weighted by Crippen LogP contribution is 2.31. The van der Waals surface area contributed by atoms with E-state index in [9.17, 15) is 4.79 Å². The number of ether oxygens (including phenoxy) is 2. The number of para-hydroxylation sites is 3. The van der Waals surface area contributed by atoms with Crippen molar-refractivity contribution in [3.8, 4) is 22.9 Å². The van der Waals surface area contributed by atoms with Crippen molar-refractivity contribution in [2.24, 2.45) is 0 Å². The Balaban J connectivity index is 1.76. The molecule has 0 fully saturated rings. The zero-order valence-electron chi connectivity index (χ0n) is 17.7. The van der Waals surface area contributed by atoms with Crippen molar-refractivity contribution in [1.82, 2.24) is 14.8 Å². The molecule has 3 aromatic rings. The van der Waals surface area contributed by atoms with Crippen LogP contribution < -0.4 is 14.8 Å². The second-order valence-electron chi connectivity index (χ2n) is 6.40. The van der Waals surface area contributed by atoms with Gasteiger partial charge in [0.2, 0.25) is 5.91 Å². The van der Waals surface area contributed by atoms with E-state index in [2.05, 4.69) is 22.1 Å². The molecule has 31 heavy (non-hydrogen) atoms. The molecule has 0 bridgehead atoms. The lowest BCUT2D eigenvalue weighted by Crippen LogP contribution is -2.15. The summed E-state index contributed by atoms with van der Waals surface area (Å²) in [6.45, 7) is 9.28. The zero-order chi connectivity index (χ0) is 22.1. The minimum absolute atomic E-state index is 0.151. The highest BCUT2D eigenvalue weighted by atomic mass is 32.2. The summed E-state index contributed by atoms with van der Waals surface area (Å²) < 4.78 is 13.2. The van der Waals surface area contributed by atoms with Crippen molar-refractivity contribution >= 4 is 23.4 Å². The molecule has 0 aliphatic heterocycles. The number of carbonyl (C=O) groups excluding carboxylic acids is 1. The number of benzene rings is 2. The number of carbonyl (C=O) groups is 1. The first-order valence-corrected chi connectivity index (χ1v) is 11.1. The minimum Gasteiger partial charge on any atom is -0.493 e. The molecule has 0 spiro atoms. The first-order valence-electron chi connectivity index (χ1n) is 10.1. The van der Waals surface area contributed by atoms with Gasteiger partial charge in [0.25, 0.3) is 0 Å². The largest absolute Gasteiger partial charge is 0.493 e. The number of anilines is 1. The fourth-order valence-electron chi connectivity index (χ4n) is 2.99. The highest BCUT2D eigenvalue weighted by molar-refractivity contribution is 7.99. The van der Waals surface area contributed by atoms with Crippen LogP contribution in [0.3, 0.4) is 0 Å². The van der Waals surface area contributed by atoms with Crippen molar-refractivity contribution < 1.29 is 14.3 Å². The standard InChI is InChI=1S/C23H26N4O3S/c1-4-15-27-22(17-11-7-9-13-19(17)29-5-2)25-26-23(27)31-16-21(28)24-18-12-8-10-14-20(18)30-6-3/h4,7-14H,1,5-6,15-16H2,2-3H3,(H,24,28). The van der Waals surface area contributed by atoms with E-state index in [0.29, 0.717) is 42.2 Å². The van der Waals surface area contributed by atoms with Crippen LogP contribution in [0.2, 0.25) is 0 Å². The Morgan fingerprint density at radius 2 is 1.74 bits per heavy atom. The Bertz CT molecular complexity index is 1040. The first-order chi connectivity index (χ1) is 15.2. The molecule has 0 unspecified atom stereocenters. The van der Waals surface area contributed by atoms with Crippen LogP contribution in [-0.2, 0) is 11.3 Å². The number of hydrogen-bond acceptors (Lipinski definition) is 6. The molecule has 1 aromatic heterocycles. The third-order valence-corrected chi connectivity index (χ3v) is 5.22. The summed E-state index contributed by atoms with van der Waals surface area (Å²) in [4.78, 5) is 12.5. The van der Waals surface area contributed by atoms with Gasteiger partial charge in [0, 0.05) is 6.54 Å². The number of allylic oxidation sites excluding steroid dienone is 1. The fourth-order valence-corrected chi connectivity index (χ4v) is 3.74. The molecule has 7 nitrogen and oxygen atoms in total. The van der Waals surface area contributed by atoms with E-state index in [0.717, 1.165) is 11.3 Å². The summed E-state index contributed by atoms with van der Waals surface area (Å²) >= 11 is 1.32. The zero-order valence-corrected chi connectivity index (χ0v) is 18.5. The van der Waals surface area contributed by atoms with E-state index in [1.807, 2.05) is 66.9 Å².